The summed E-state index contributed by atoms with van der Waals surface area (Å²) < 4.78 is 5.60. The molecule has 134 valence electrons. The molecule has 1 aromatic heterocycles. The van der Waals surface area contributed by atoms with Gasteiger partial charge >= 0.3 is 0 Å². The van der Waals surface area contributed by atoms with Gasteiger partial charge in [-0.3, -0.25) is 4.79 Å². The highest BCUT2D eigenvalue weighted by atomic mass is 32.2. The largest absolute Gasteiger partial charge is 0.411 e. The van der Waals surface area contributed by atoms with Crippen molar-refractivity contribution in [1.29, 1.82) is 0 Å². The second-order valence-corrected chi connectivity index (χ2v) is 6.77. The van der Waals surface area contributed by atoms with Gasteiger partial charge in [0, 0.05) is 18.0 Å². The number of benzene rings is 2. The minimum Gasteiger partial charge on any atom is -0.411 e. The van der Waals surface area contributed by atoms with Crippen LogP contribution < -0.4 is 5.32 Å². The number of hydrogen-bond donors (Lipinski definition) is 1. The van der Waals surface area contributed by atoms with Gasteiger partial charge in [0.05, 0.1) is 5.75 Å². The standard InChI is InChI=1S/C20H21N3O2S/c1-2-15(16-9-5-3-6-10-16)13-21-18(24)14-26-20-23-22-19(25-20)17-11-7-4-8-12-17/h3-12,15H,2,13-14H2,1H3,(H,21,24). The average molecular weight is 367 g/mol. The van der Waals surface area contributed by atoms with Gasteiger partial charge in [0.1, 0.15) is 0 Å². The van der Waals surface area contributed by atoms with Crippen LogP contribution in [0.2, 0.25) is 0 Å². The molecule has 5 nitrogen and oxygen atoms in total. The van der Waals surface area contributed by atoms with Crippen molar-refractivity contribution in [2.75, 3.05) is 12.3 Å². The minimum absolute atomic E-state index is 0.0381. The molecule has 0 fully saturated rings. The van der Waals surface area contributed by atoms with Crippen molar-refractivity contribution in [3.63, 3.8) is 0 Å². The number of nitrogens with zero attached hydrogens (tertiary/aromatic N) is 2. The van der Waals surface area contributed by atoms with Gasteiger partial charge in [-0.05, 0) is 24.1 Å². The Morgan fingerprint density at radius 1 is 1.08 bits per heavy atom. The van der Waals surface area contributed by atoms with E-state index >= 15 is 0 Å². The molecule has 0 saturated heterocycles. The Balaban J connectivity index is 1.48. The first-order valence-corrected chi connectivity index (χ1v) is 9.58. The Bertz CT molecular complexity index is 821. The van der Waals surface area contributed by atoms with Gasteiger partial charge in [0.15, 0.2) is 0 Å². The van der Waals surface area contributed by atoms with Gasteiger partial charge < -0.3 is 9.73 Å². The Kier molecular flexibility index (Phi) is 6.44. The molecule has 1 heterocycles. The first-order valence-electron chi connectivity index (χ1n) is 8.59. The molecule has 1 atom stereocenters. The lowest BCUT2D eigenvalue weighted by Gasteiger charge is -2.15. The zero-order chi connectivity index (χ0) is 18.2. The van der Waals surface area contributed by atoms with Crippen LogP contribution in [0.3, 0.4) is 0 Å². The van der Waals surface area contributed by atoms with E-state index in [2.05, 4.69) is 34.6 Å². The number of rotatable bonds is 8. The van der Waals surface area contributed by atoms with Crippen molar-refractivity contribution in [2.45, 2.75) is 24.5 Å². The Labute approximate surface area is 157 Å². The van der Waals surface area contributed by atoms with Gasteiger partial charge in [-0.1, -0.05) is 67.2 Å². The van der Waals surface area contributed by atoms with Crippen LogP contribution in [0.1, 0.15) is 24.8 Å². The Hall–Kier alpha value is -2.60. The predicted molar refractivity (Wildman–Crippen MR) is 103 cm³/mol. The summed E-state index contributed by atoms with van der Waals surface area (Å²) in [6.07, 6.45) is 0.974. The van der Waals surface area contributed by atoms with Crippen molar-refractivity contribution in [3.8, 4) is 11.5 Å². The van der Waals surface area contributed by atoms with Crippen LogP contribution in [-0.2, 0) is 4.79 Å². The molecule has 0 bridgehead atoms. The van der Waals surface area contributed by atoms with Crippen molar-refractivity contribution >= 4 is 17.7 Å². The number of carbonyl (C=O) groups excluding carboxylic acids is 1. The maximum Gasteiger partial charge on any atom is 0.277 e. The first-order chi connectivity index (χ1) is 12.8. The summed E-state index contributed by atoms with van der Waals surface area (Å²) in [5.41, 5.74) is 2.11. The van der Waals surface area contributed by atoms with Gasteiger partial charge in [0.25, 0.3) is 5.22 Å². The fraction of sp³-hybridized carbons (Fsp3) is 0.250. The summed E-state index contributed by atoms with van der Waals surface area (Å²) in [5.74, 6) is 0.993. The van der Waals surface area contributed by atoms with Crippen LogP contribution in [-0.4, -0.2) is 28.4 Å². The molecule has 0 aliphatic rings. The second kappa shape index (κ2) is 9.20. The molecule has 3 rings (SSSR count). The van der Waals surface area contributed by atoms with Crippen LogP contribution in [0.25, 0.3) is 11.5 Å². The minimum atomic E-state index is -0.0381. The Morgan fingerprint density at radius 3 is 2.46 bits per heavy atom. The third-order valence-corrected chi connectivity index (χ3v) is 4.88. The Morgan fingerprint density at radius 2 is 1.77 bits per heavy atom. The van der Waals surface area contributed by atoms with Gasteiger partial charge in [0.2, 0.25) is 11.8 Å². The molecule has 0 radical (unpaired) electrons. The van der Waals surface area contributed by atoms with E-state index in [0.717, 1.165) is 12.0 Å². The van der Waals surface area contributed by atoms with Gasteiger partial charge in [-0.15, -0.1) is 10.2 Å². The number of nitrogens with one attached hydrogen (secondary N) is 1. The van der Waals surface area contributed by atoms with E-state index in [4.69, 9.17) is 4.42 Å². The SMILES string of the molecule is CCC(CNC(=O)CSc1nnc(-c2ccccc2)o1)c1ccccc1. The fourth-order valence-electron chi connectivity index (χ4n) is 2.60. The average Bonchev–Trinajstić information content (AvgIpc) is 3.17. The fourth-order valence-corrected chi connectivity index (χ4v) is 3.20. The van der Waals surface area contributed by atoms with Crippen molar-refractivity contribution in [3.05, 3.63) is 66.2 Å². The summed E-state index contributed by atoms with van der Waals surface area (Å²) in [5, 5.41) is 11.4. The van der Waals surface area contributed by atoms with Crippen LogP contribution in [0, 0.1) is 0 Å². The zero-order valence-corrected chi connectivity index (χ0v) is 15.4. The van der Waals surface area contributed by atoms with E-state index in [0.29, 0.717) is 23.6 Å². The smallest absolute Gasteiger partial charge is 0.277 e. The number of carbonyl (C=O) groups is 1. The molecule has 1 unspecified atom stereocenters. The maximum absolute atomic E-state index is 12.1. The topological polar surface area (TPSA) is 68.0 Å². The van der Waals surface area contributed by atoms with Crippen molar-refractivity contribution < 1.29 is 9.21 Å². The molecule has 3 aromatic rings. The number of hydrogen-bond acceptors (Lipinski definition) is 5. The highest BCUT2D eigenvalue weighted by molar-refractivity contribution is 7.99. The molecule has 1 amide bonds. The van der Waals surface area contributed by atoms with Crippen LogP contribution in [0.4, 0.5) is 0 Å². The number of amides is 1. The third-order valence-electron chi connectivity index (χ3n) is 4.06. The summed E-state index contributed by atoms with van der Waals surface area (Å²) in [7, 11) is 0. The normalized spacial score (nSPS) is 11.9. The molecule has 26 heavy (non-hydrogen) atoms. The van der Waals surface area contributed by atoms with Crippen LogP contribution in [0.5, 0.6) is 0 Å². The molecular formula is C20H21N3O2S. The quantitative estimate of drug-likeness (QED) is 0.606. The van der Waals surface area contributed by atoms with E-state index in [1.54, 1.807) is 0 Å². The van der Waals surface area contributed by atoms with E-state index in [1.807, 2.05) is 48.5 Å². The molecule has 2 aromatic carbocycles. The zero-order valence-electron chi connectivity index (χ0n) is 14.6. The lowest BCUT2D eigenvalue weighted by molar-refractivity contribution is -0.118. The molecule has 0 spiro atoms. The highest BCUT2D eigenvalue weighted by Crippen LogP contribution is 2.23. The molecule has 1 N–H and O–H groups in total. The number of thioether (sulfide) groups is 1. The van der Waals surface area contributed by atoms with E-state index in [-0.39, 0.29) is 11.7 Å². The highest BCUT2D eigenvalue weighted by Gasteiger charge is 2.13. The predicted octanol–water partition coefficient (Wildman–Crippen LogP) is 4.14. The monoisotopic (exact) mass is 367 g/mol. The first kappa shape index (κ1) is 18.2. The van der Waals surface area contributed by atoms with E-state index in [1.165, 1.54) is 17.3 Å². The summed E-state index contributed by atoms with van der Waals surface area (Å²) in [4.78, 5) is 12.1. The third kappa shape index (κ3) is 4.95. The van der Waals surface area contributed by atoms with Crippen LogP contribution in [0.15, 0.2) is 70.3 Å². The molecule has 0 saturated carbocycles. The maximum atomic E-state index is 12.1. The van der Waals surface area contributed by atoms with Crippen molar-refractivity contribution in [2.24, 2.45) is 0 Å². The van der Waals surface area contributed by atoms with Gasteiger partial charge in [-0.2, -0.15) is 0 Å². The lowest BCUT2D eigenvalue weighted by atomic mass is 9.96. The number of aromatic nitrogens is 2. The molecule has 0 aliphatic carbocycles. The summed E-state index contributed by atoms with van der Waals surface area (Å²) in [6, 6.07) is 19.8. The van der Waals surface area contributed by atoms with Gasteiger partial charge in [-0.25, -0.2) is 0 Å². The molecule has 6 heteroatoms. The van der Waals surface area contributed by atoms with E-state index < -0.39 is 0 Å². The molecular weight excluding hydrogens is 346 g/mol. The molecule has 0 aliphatic heterocycles. The van der Waals surface area contributed by atoms with Crippen LogP contribution >= 0.6 is 11.8 Å². The van der Waals surface area contributed by atoms with E-state index in [9.17, 15) is 4.79 Å². The van der Waals surface area contributed by atoms with Crippen molar-refractivity contribution in [1.82, 2.24) is 15.5 Å². The lowest BCUT2D eigenvalue weighted by Crippen LogP contribution is -2.29. The summed E-state index contributed by atoms with van der Waals surface area (Å²) in [6.45, 7) is 2.75. The second-order valence-electron chi connectivity index (χ2n) is 5.85. The summed E-state index contributed by atoms with van der Waals surface area (Å²) >= 11 is 1.25.